The Morgan fingerprint density at radius 2 is 1.65 bits per heavy atom. The number of amides is 2. The van der Waals surface area contributed by atoms with E-state index in [4.69, 9.17) is 5.41 Å². The first-order valence-corrected chi connectivity index (χ1v) is 13.0. The predicted octanol–water partition coefficient (Wildman–Crippen LogP) is 1.14. The molecule has 0 unspecified atom stereocenters. The normalized spacial score (nSPS) is 28.8. The van der Waals surface area contributed by atoms with Crippen LogP contribution >= 0.6 is 0 Å². The molecule has 0 aromatic heterocycles. The van der Waals surface area contributed by atoms with Gasteiger partial charge in [0.2, 0.25) is 11.8 Å². The molecule has 10 heteroatoms. The Kier molecular flexibility index (Phi) is 9.26. The maximum absolute atomic E-state index is 13.2. The van der Waals surface area contributed by atoms with Crippen LogP contribution < -0.4 is 21.3 Å². The molecule has 9 nitrogen and oxygen atoms in total. The SMILES string of the molecule is CNC(=N)NCCC[C@H](NC(=O)CC12CC3CC(CC(C3)C1)C2)C(=O)N[C@@H](CC(C)C)B(O)O. The van der Waals surface area contributed by atoms with E-state index in [0.717, 1.165) is 37.0 Å². The molecule has 4 rings (SSSR count). The second-order valence-electron chi connectivity index (χ2n) is 11.6. The molecule has 4 aliphatic rings. The number of carbonyl (C=O) groups is 2. The van der Waals surface area contributed by atoms with E-state index in [9.17, 15) is 19.6 Å². The minimum Gasteiger partial charge on any atom is -0.426 e. The number of rotatable bonds is 12. The van der Waals surface area contributed by atoms with Crippen molar-refractivity contribution in [3.05, 3.63) is 0 Å². The van der Waals surface area contributed by atoms with Gasteiger partial charge in [-0.1, -0.05) is 13.8 Å². The van der Waals surface area contributed by atoms with Gasteiger partial charge >= 0.3 is 7.12 Å². The number of hydrogen-bond acceptors (Lipinski definition) is 5. The summed E-state index contributed by atoms with van der Waals surface area (Å²) < 4.78 is 0. The van der Waals surface area contributed by atoms with Gasteiger partial charge in [0.1, 0.15) is 6.04 Å². The van der Waals surface area contributed by atoms with Crippen molar-refractivity contribution in [2.45, 2.75) is 90.0 Å². The summed E-state index contributed by atoms with van der Waals surface area (Å²) in [4.78, 5) is 26.3. The summed E-state index contributed by atoms with van der Waals surface area (Å²) in [6, 6.07) is -0.750. The lowest BCUT2D eigenvalue weighted by atomic mass is 9.49. The zero-order valence-corrected chi connectivity index (χ0v) is 21.0. The van der Waals surface area contributed by atoms with E-state index >= 15 is 0 Å². The van der Waals surface area contributed by atoms with Crippen molar-refractivity contribution in [2.75, 3.05) is 13.6 Å². The molecule has 0 aliphatic heterocycles. The number of hydrogen-bond donors (Lipinski definition) is 7. The summed E-state index contributed by atoms with van der Waals surface area (Å²) in [5.74, 6) is 1.40. The van der Waals surface area contributed by atoms with Gasteiger partial charge in [-0.15, -0.1) is 0 Å². The molecule has 7 N–H and O–H groups in total. The third kappa shape index (κ3) is 7.34. The molecule has 4 bridgehead atoms. The quantitative estimate of drug-likeness (QED) is 0.0971. The van der Waals surface area contributed by atoms with Gasteiger partial charge in [-0.05, 0) is 86.9 Å². The largest absolute Gasteiger partial charge is 0.475 e. The zero-order valence-electron chi connectivity index (χ0n) is 21.0. The van der Waals surface area contributed by atoms with Gasteiger partial charge in [-0.3, -0.25) is 15.0 Å². The van der Waals surface area contributed by atoms with Crippen LogP contribution in [0.25, 0.3) is 0 Å². The van der Waals surface area contributed by atoms with Crippen LogP contribution in [0.4, 0.5) is 0 Å². The standard InChI is InChI=1S/C24H44BN5O4/c1-15(2)7-20(25(33)34)30-22(32)19(5-4-6-28-23(26)27-3)29-21(31)14-24-11-16-8-17(12-24)10-18(9-16)13-24/h15-20,33-34H,4-14H2,1-3H3,(H,29,31)(H,30,32)(H3,26,27,28)/t16?,17?,18?,19-,20-,24?/m0/s1. The lowest BCUT2D eigenvalue weighted by Gasteiger charge is -2.56. The summed E-state index contributed by atoms with van der Waals surface area (Å²) in [5.41, 5.74) is 0.0881. The van der Waals surface area contributed by atoms with Gasteiger partial charge in [0, 0.05) is 20.0 Å². The zero-order chi connectivity index (χ0) is 24.9. The molecule has 0 aromatic rings. The van der Waals surface area contributed by atoms with Crippen molar-refractivity contribution < 1.29 is 19.6 Å². The van der Waals surface area contributed by atoms with Crippen molar-refractivity contribution in [1.29, 1.82) is 5.41 Å². The first kappa shape index (κ1) is 26.8. The van der Waals surface area contributed by atoms with E-state index in [1.54, 1.807) is 7.05 Å². The maximum atomic E-state index is 13.2. The van der Waals surface area contributed by atoms with Crippen LogP contribution in [-0.2, 0) is 9.59 Å². The molecule has 0 saturated heterocycles. The molecule has 4 saturated carbocycles. The highest BCUT2D eigenvalue weighted by atomic mass is 16.4. The molecule has 0 aromatic carbocycles. The van der Waals surface area contributed by atoms with Crippen LogP contribution in [0.15, 0.2) is 0 Å². The van der Waals surface area contributed by atoms with Crippen LogP contribution in [0.5, 0.6) is 0 Å². The summed E-state index contributed by atoms with van der Waals surface area (Å²) in [6.07, 6.45) is 9.24. The number of nitrogens with one attached hydrogen (secondary N) is 5. The Balaban J connectivity index is 1.60. The summed E-state index contributed by atoms with van der Waals surface area (Å²) in [5, 5.41) is 38.4. The molecular formula is C24H44BN5O4. The van der Waals surface area contributed by atoms with Gasteiger partial charge in [-0.2, -0.15) is 0 Å². The van der Waals surface area contributed by atoms with E-state index in [1.807, 2.05) is 13.8 Å². The van der Waals surface area contributed by atoms with E-state index in [0.29, 0.717) is 32.2 Å². The molecule has 192 valence electrons. The Bertz CT molecular complexity index is 697. The van der Waals surface area contributed by atoms with Crippen molar-refractivity contribution in [3.63, 3.8) is 0 Å². The average molecular weight is 477 g/mol. The summed E-state index contributed by atoms with van der Waals surface area (Å²) >= 11 is 0. The Hall–Kier alpha value is -1.81. The van der Waals surface area contributed by atoms with Gasteiger partial charge in [-0.25, -0.2) is 0 Å². The highest BCUT2D eigenvalue weighted by Crippen LogP contribution is 2.61. The van der Waals surface area contributed by atoms with Crippen LogP contribution in [-0.4, -0.2) is 60.5 Å². The van der Waals surface area contributed by atoms with E-state index in [2.05, 4.69) is 21.3 Å². The number of carbonyl (C=O) groups excluding carboxylic acids is 2. The molecule has 0 spiro atoms. The first-order chi connectivity index (χ1) is 16.1. The molecule has 0 heterocycles. The van der Waals surface area contributed by atoms with Gasteiger partial charge in [0.15, 0.2) is 5.96 Å². The van der Waals surface area contributed by atoms with Gasteiger partial charge < -0.3 is 31.3 Å². The van der Waals surface area contributed by atoms with Crippen LogP contribution in [0.3, 0.4) is 0 Å². The van der Waals surface area contributed by atoms with Crippen molar-refractivity contribution in [1.82, 2.24) is 21.3 Å². The minimum absolute atomic E-state index is 0.0806. The van der Waals surface area contributed by atoms with Crippen molar-refractivity contribution in [3.8, 4) is 0 Å². The predicted molar refractivity (Wildman–Crippen MR) is 133 cm³/mol. The van der Waals surface area contributed by atoms with Crippen LogP contribution in [0.1, 0.15) is 78.1 Å². The second kappa shape index (κ2) is 11.8. The smallest absolute Gasteiger partial charge is 0.426 e. The highest BCUT2D eigenvalue weighted by Gasteiger charge is 2.51. The number of guanidine groups is 1. The molecule has 2 atom stereocenters. The topological polar surface area (TPSA) is 147 Å². The van der Waals surface area contributed by atoms with E-state index in [1.165, 1.54) is 19.3 Å². The van der Waals surface area contributed by atoms with Gasteiger partial charge in [0.05, 0.1) is 5.94 Å². The monoisotopic (exact) mass is 477 g/mol. The highest BCUT2D eigenvalue weighted by molar-refractivity contribution is 6.43. The minimum atomic E-state index is -1.66. The van der Waals surface area contributed by atoms with E-state index < -0.39 is 19.1 Å². The molecule has 4 fully saturated rings. The second-order valence-corrected chi connectivity index (χ2v) is 11.6. The van der Waals surface area contributed by atoms with Crippen LogP contribution in [0, 0.1) is 34.5 Å². The fourth-order valence-electron chi connectivity index (χ4n) is 7.02. The third-order valence-electron chi connectivity index (χ3n) is 7.99. The summed E-state index contributed by atoms with van der Waals surface area (Å²) in [6.45, 7) is 4.40. The Morgan fingerprint density at radius 1 is 1.06 bits per heavy atom. The van der Waals surface area contributed by atoms with Crippen molar-refractivity contribution >= 4 is 24.9 Å². The Morgan fingerprint density at radius 3 is 2.15 bits per heavy atom. The lowest BCUT2D eigenvalue weighted by molar-refractivity contribution is -0.134. The van der Waals surface area contributed by atoms with E-state index in [-0.39, 0.29) is 29.1 Å². The lowest BCUT2D eigenvalue weighted by Crippen LogP contribution is -2.55. The molecule has 0 radical (unpaired) electrons. The molecule has 4 aliphatic carbocycles. The van der Waals surface area contributed by atoms with Gasteiger partial charge in [0.25, 0.3) is 0 Å². The first-order valence-electron chi connectivity index (χ1n) is 13.0. The molecule has 34 heavy (non-hydrogen) atoms. The summed E-state index contributed by atoms with van der Waals surface area (Å²) in [7, 11) is -0.00167. The fraction of sp³-hybridized carbons (Fsp3) is 0.875. The molecular weight excluding hydrogens is 433 g/mol. The average Bonchev–Trinajstić information content (AvgIpc) is 2.73. The van der Waals surface area contributed by atoms with Crippen LogP contribution in [0.2, 0.25) is 0 Å². The molecule has 2 amide bonds. The fourth-order valence-corrected chi connectivity index (χ4v) is 7.02. The third-order valence-corrected chi connectivity index (χ3v) is 7.99. The van der Waals surface area contributed by atoms with Crippen molar-refractivity contribution in [2.24, 2.45) is 29.1 Å². The Labute approximate surface area is 204 Å². The maximum Gasteiger partial charge on any atom is 0.475 e.